The predicted octanol–water partition coefficient (Wildman–Crippen LogP) is 4.04. The lowest BCUT2D eigenvalue weighted by atomic mass is 10.2. The molecule has 92 valence electrons. The maximum absolute atomic E-state index is 4.46. The third kappa shape index (κ3) is 2.46. The summed E-state index contributed by atoms with van der Waals surface area (Å²) in [5.74, 6) is 0.773. The number of nitrogens with one attached hydrogen (secondary N) is 2. The maximum Gasteiger partial charge on any atom is 0.205 e. The molecule has 0 aliphatic heterocycles. The smallest absolute Gasteiger partial charge is 0.205 e. The first-order valence-corrected chi connectivity index (χ1v) is 5.60. The first-order valence-electron chi connectivity index (χ1n) is 5.60. The van der Waals surface area contributed by atoms with Gasteiger partial charge in [0.25, 0.3) is 0 Å². The highest BCUT2D eigenvalue weighted by Crippen LogP contribution is 2.18. The minimum atomic E-state index is 0. The van der Waals surface area contributed by atoms with Crippen molar-refractivity contribution in [2.45, 2.75) is 6.92 Å². The fourth-order valence-electron chi connectivity index (χ4n) is 1.79. The molecular weight excluding hydrogens is 246 g/mol. The second-order valence-corrected chi connectivity index (χ2v) is 4.09. The van der Waals surface area contributed by atoms with Crippen molar-refractivity contribution in [3.05, 3.63) is 54.1 Å². The summed E-state index contributed by atoms with van der Waals surface area (Å²) < 4.78 is 0. The Balaban J connectivity index is 0.00000120. The number of hydrogen-bond donors (Lipinski definition) is 2. The molecule has 0 bridgehead atoms. The molecule has 0 spiro atoms. The molecule has 0 saturated carbocycles. The number of aromatic amines is 1. The van der Waals surface area contributed by atoms with Crippen LogP contribution in [0.2, 0.25) is 0 Å². The lowest BCUT2D eigenvalue weighted by Crippen LogP contribution is -1.91. The molecule has 0 aliphatic carbocycles. The van der Waals surface area contributed by atoms with Gasteiger partial charge in [-0.05, 0) is 31.2 Å². The Labute approximate surface area is 112 Å². The summed E-state index contributed by atoms with van der Waals surface area (Å²) in [7, 11) is 0. The molecular formula is C14H14ClN3. The number of imidazole rings is 1. The number of para-hydroxylation sites is 2. The van der Waals surface area contributed by atoms with Gasteiger partial charge in [0.15, 0.2) is 0 Å². The zero-order valence-corrected chi connectivity index (χ0v) is 10.8. The van der Waals surface area contributed by atoms with Crippen molar-refractivity contribution in [2.75, 3.05) is 5.32 Å². The van der Waals surface area contributed by atoms with Gasteiger partial charge in [0.1, 0.15) is 0 Å². The third-order valence-electron chi connectivity index (χ3n) is 2.70. The summed E-state index contributed by atoms with van der Waals surface area (Å²) in [4.78, 5) is 7.70. The number of nitrogens with zero attached hydrogens (tertiary/aromatic N) is 1. The van der Waals surface area contributed by atoms with Crippen LogP contribution in [0.5, 0.6) is 0 Å². The van der Waals surface area contributed by atoms with Crippen molar-refractivity contribution in [1.82, 2.24) is 9.97 Å². The second-order valence-electron chi connectivity index (χ2n) is 4.09. The fourth-order valence-corrected chi connectivity index (χ4v) is 1.79. The normalized spacial score (nSPS) is 10.1. The number of rotatable bonds is 2. The monoisotopic (exact) mass is 259 g/mol. The van der Waals surface area contributed by atoms with Crippen molar-refractivity contribution in [2.24, 2.45) is 0 Å². The molecule has 0 unspecified atom stereocenters. The molecule has 0 atom stereocenters. The van der Waals surface area contributed by atoms with E-state index in [0.29, 0.717) is 0 Å². The van der Waals surface area contributed by atoms with Crippen LogP contribution in [0.25, 0.3) is 11.0 Å². The second kappa shape index (κ2) is 5.10. The number of hydrogen-bond acceptors (Lipinski definition) is 2. The summed E-state index contributed by atoms with van der Waals surface area (Å²) >= 11 is 0. The van der Waals surface area contributed by atoms with Crippen LogP contribution in [-0.4, -0.2) is 9.97 Å². The molecule has 2 N–H and O–H groups in total. The van der Waals surface area contributed by atoms with Gasteiger partial charge in [0.05, 0.1) is 11.0 Å². The molecule has 4 heteroatoms. The Bertz CT molecular complexity index is 610. The van der Waals surface area contributed by atoms with Crippen LogP contribution in [0, 0.1) is 6.92 Å². The molecule has 0 radical (unpaired) electrons. The standard InChI is InChI=1S/C14H13N3.ClH/c1-10-6-8-11(9-7-10)15-14-16-12-4-2-3-5-13(12)17-14;/h2-9H,1H3,(H2,15,16,17);1H. The van der Waals surface area contributed by atoms with Crippen LogP contribution in [0.3, 0.4) is 0 Å². The third-order valence-corrected chi connectivity index (χ3v) is 2.70. The molecule has 18 heavy (non-hydrogen) atoms. The zero-order chi connectivity index (χ0) is 11.7. The molecule has 2 aromatic carbocycles. The highest BCUT2D eigenvalue weighted by molar-refractivity contribution is 5.85. The van der Waals surface area contributed by atoms with Crippen molar-refractivity contribution in [1.29, 1.82) is 0 Å². The number of aromatic nitrogens is 2. The Kier molecular flexibility index (Phi) is 3.53. The number of H-pyrrole nitrogens is 1. The Hall–Kier alpha value is -2.00. The SMILES string of the molecule is Cc1ccc(Nc2nc3ccccc3[nH]2)cc1.Cl. The summed E-state index contributed by atoms with van der Waals surface area (Å²) in [5.41, 5.74) is 4.30. The molecule has 1 heterocycles. The number of benzene rings is 2. The number of halogens is 1. The highest BCUT2D eigenvalue weighted by atomic mass is 35.5. The van der Waals surface area contributed by atoms with Crippen molar-refractivity contribution >= 4 is 35.1 Å². The van der Waals surface area contributed by atoms with Crippen molar-refractivity contribution < 1.29 is 0 Å². The van der Waals surface area contributed by atoms with Gasteiger partial charge in [-0.25, -0.2) is 4.98 Å². The van der Waals surface area contributed by atoms with E-state index in [1.807, 2.05) is 36.4 Å². The van der Waals surface area contributed by atoms with E-state index in [9.17, 15) is 0 Å². The van der Waals surface area contributed by atoms with E-state index >= 15 is 0 Å². The summed E-state index contributed by atoms with van der Waals surface area (Å²) in [5, 5.41) is 3.25. The number of fused-ring (bicyclic) bond motifs is 1. The van der Waals surface area contributed by atoms with E-state index < -0.39 is 0 Å². The molecule has 1 aromatic heterocycles. The van der Waals surface area contributed by atoms with E-state index in [2.05, 4.69) is 34.3 Å². The Morgan fingerprint density at radius 1 is 1.00 bits per heavy atom. The van der Waals surface area contributed by atoms with E-state index in [1.165, 1.54) is 5.56 Å². The lowest BCUT2D eigenvalue weighted by Gasteiger charge is -2.02. The molecule has 0 aliphatic rings. The predicted molar refractivity (Wildman–Crippen MR) is 77.8 cm³/mol. The van der Waals surface area contributed by atoms with Crippen LogP contribution < -0.4 is 5.32 Å². The molecule has 3 aromatic rings. The van der Waals surface area contributed by atoms with Crippen molar-refractivity contribution in [3.63, 3.8) is 0 Å². The van der Waals surface area contributed by atoms with Gasteiger partial charge in [-0.1, -0.05) is 29.8 Å². The van der Waals surface area contributed by atoms with Gasteiger partial charge in [0.2, 0.25) is 5.95 Å². The fraction of sp³-hybridized carbons (Fsp3) is 0.0714. The topological polar surface area (TPSA) is 40.7 Å². The Morgan fingerprint density at radius 3 is 2.44 bits per heavy atom. The van der Waals surface area contributed by atoms with Gasteiger partial charge in [-0.2, -0.15) is 0 Å². The minimum absolute atomic E-state index is 0. The van der Waals surface area contributed by atoms with Crippen LogP contribution in [0.1, 0.15) is 5.56 Å². The minimum Gasteiger partial charge on any atom is -0.326 e. The Morgan fingerprint density at radius 2 is 1.72 bits per heavy atom. The number of anilines is 2. The van der Waals surface area contributed by atoms with E-state index in [0.717, 1.165) is 22.7 Å². The van der Waals surface area contributed by atoms with Crippen molar-refractivity contribution in [3.8, 4) is 0 Å². The van der Waals surface area contributed by atoms with Crippen LogP contribution in [0.15, 0.2) is 48.5 Å². The average Bonchev–Trinajstić information content (AvgIpc) is 2.74. The molecule has 0 saturated heterocycles. The van der Waals surface area contributed by atoms with Gasteiger partial charge < -0.3 is 10.3 Å². The summed E-state index contributed by atoms with van der Waals surface area (Å²) in [6.07, 6.45) is 0. The van der Waals surface area contributed by atoms with Crippen LogP contribution in [-0.2, 0) is 0 Å². The van der Waals surface area contributed by atoms with Crippen LogP contribution >= 0.6 is 12.4 Å². The lowest BCUT2D eigenvalue weighted by molar-refractivity contribution is 1.31. The average molecular weight is 260 g/mol. The van der Waals surface area contributed by atoms with Crippen LogP contribution in [0.4, 0.5) is 11.6 Å². The first kappa shape index (κ1) is 12.5. The largest absolute Gasteiger partial charge is 0.326 e. The summed E-state index contributed by atoms with van der Waals surface area (Å²) in [6.45, 7) is 2.07. The van der Waals surface area contributed by atoms with E-state index in [-0.39, 0.29) is 12.4 Å². The first-order chi connectivity index (χ1) is 8.31. The quantitative estimate of drug-likeness (QED) is 0.729. The molecule has 0 fully saturated rings. The number of aryl methyl sites for hydroxylation is 1. The van der Waals surface area contributed by atoms with Gasteiger partial charge in [0, 0.05) is 5.69 Å². The van der Waals surface area contributed by atoms with E-state index in [4.69, 9.17) is 0 Å². The molecule has 3 rings (SSSR count). The zero-order valence-electron chi connectivity index (χ0n) is 9.97. The maximum atomic E-state index is 4.46. The molecule has 0 amide bonds. The van der Waals surface area contributed by atoms with E-state index in [1.54, 1.807) is 0 Å². The highest BCUT2D eigenvalue weighted by Gasteiger charge is 2.01. The van der Waals surface area contributed by atoms with Gasteiger partial charge in [-0.3, -0.25) is 0 Å². The van der Waals surface area contributed by atoms with Gasteiger partial charge in [-0.15, -0.1) is 12.4 Å². The van der Waals surface area contributed by atoms with Gasteiger partial charge >= 0.3 is 0 Å². The summed E-state index contributed by atoms with van der Waals surface area (Å²) in [6, 6.07) is 16.2. The molecule has 3 nitrogen and oxygen atoms in total.